The van der Waals surface area contributed by atoms with Crippen LogP contribution in [0.2, 0.25) is 0 Å². The Balaban J connectivity index is 2.10. The zero-order valence-corrected chi connectivity index (χ0v) is 11.8. The molecule has 1 aromatic heterocycles. The first-order valence-corrected chi connectivity index (χ1v) is 6.51. The summed E-state index contributed by atoms with van der Waals surface area (Å²) in [6.07, 6.45) is 1.62. The second-order valence-corrected chi connectivity index (χ2v) is 5.01. The molecule has 4 heteroatoms. The van der Waals surface area contributed by atoms with Crippen molar-refractivity contribution in [2.75, 3.05) is 0 Å². The number of nitrogens with two attached hydrogens (primary N) is 1. The minimum absolute atomic E-state index is 0.285. The van der Waals surface area contributed by atoms with Crippen molar-refractivity contribution in [3.63, 3.8) is 0 Å². The van der Waals surface area contributed by atoms with E-state index in [2.05, 4.69) is 31.0 Å². The Morgan fingerprint density at radius 1 is 1.11 bits per heavy atom. The first-order chi connectivity index (χ1) is 9.06. The summed E-state index contributed by atoms with van der Waals surface area (Å²) in [6.45, 7) is 4.32. The monoisotopic (exact) mass is 272 g/mol. The summed E-state index contributed by atoms with van der Waals surface area (Å²) in [5, 5.41) is 0. The summed E-state index contributed by atoms with van der Waals surface area (Å²) in [5.41, 5.74) is 7.37. The number of ether oxygens (including phenoxy) is 1. The molecule has 0 fully saturated rings. The number of benzene rings is 1. The SMILES string of the molecule is CC(C)c1ccc(Oc2ccc(C(N)=S)nc2)cc1. The van der Waals surface area contributed by atoms with Crippen LogP contribution in [0.5, 0.6) is 11.5 Å². The van der Waals surface area contributed by atoms with Crippen LogP contribution in [0.15, 0.2) is 42.6 Å². The number of hydrogen-bond donors (Lipinski definition) is 1. The van der Waals surface area contributed by atoms with E-state index in [1.165, 1.54) is 5.56 Å². The van der Waals surface area contributed by atoms with Gasteiger partial charge >= 0.3 is 0 Å². The van der Waals surface area contributed by atoms with Crippen LogP contribution in [-0.2, 0) is 0 Å². The van der Waals surface area contributed by atoms with Crippen LogP contribution >= 0.6 is 12.2 Å². The number of pyridine rings is 1. The smallest absolute Gasteiger partial charge is 0.145 e. The standard InChI is InChI=1S/C15H16N2OS/c1-10(2)11-3-5-12(6-4-11)18-13-7-8-14(15(16)19)17-9-13/h3-10H,1-2H3,(H2,16,19). The number of rotatable bonds is 4. The van der Waals surface area contributed by atoms with Crippen LogP contribution in [0.4, 0.5) is 0 Å². The van der Waals surface area contributed by atoms with E-state index in [0.29, 0.717) is 17.4 Å². The van der Waals surface area contributed by atoms with E-state index in [0.717, 1.165) is 5.75 Å². The minimum Gasteiger partial charge on any atom is -0.456 e. The van der Waals surface area contributed by atoms with Crippen LogP contribution in [0.3, 0.4) is 0 Å². The zero-order valence-electron chi connectivity index (χ0n) is 11.0. The van der Waals surface area contributed by atoms with Crippen LogP contribution in [-0.4, -0.2) is 9.97 Å². The summed E-state index contributed by atoms with van der Waals surface area (Å²) in [6, 6.07) is 11.6. The molecular weight excluding hydrogens is 256 g/mol. The van der Waals surface area contributed by atoms with Gasteiger partial charge in [-0.3, -0.25) is 0 Å². The summed E-state index contributed by atoms with van der Waals surface area (Å²) >= 11 is 4.85. The van der Waals surface area contributed by atoms with E-state index in [4.69, 9.17) is 22.7 Å². The summed E-state index contributed by atoms with van der Waals surface area (Å²) < 4.78 is 5.70. The Morgan fingerprint density at radius 3 is 2.21 bits per heavy atom. The third-order valence-corrected chi connectivity index (χ3v) is 2.98. The van der Waals surface area contributed by atoms with Crippen molar-refractivity contribution in [1.29, 1.82) is 0 Å². The molecule has 0 spiro atoms. The molecule has 0 aliphatic rings. The van der Waals surface area contributed by atoms with E-state index >= 15 is 0 Å². The van der Waals surface area contributed by atoms with Crippen LogP contribution in [0.1, 0.15) is 31.0 Å². The molecule has 0 bridgehead atoms. The van der Waals surface area contributed by atoms with E-state index in [1.807, 2.05) is 12.1 Å². The normalized spacial score (nSPS) is 10.5. The van der Waals surface area contributed by atoms with Gasteiger partial charge in [0.25, 0.3) is 0 Å². The Hall–Kier alpha value is -1.94. The van der Waals surface area contributed by atoms with Gasteiger partial charge in [-0.2, -0.15) is 0 Å². The highest BCUT2D eigenvalue weighted by atomic mass is 32.1. The van der Waals surface area contributed by atoms with Crippen molar-refractivity contribution in [3.8, 4) is 11.5 Å². The number of aromatic nitrogens is 1. The van der Waals surface area contributed by atoms with E-state index < -0.39 is 0 Å². The lowest BCUT2D eigenvalue weighted by atomic mass is 10.0. The fourth-order valence-corrected chi connectivity index (χ4v) is 1.76. The average molecular weight is 272 g/mol. The van der Waals surface area contributed by atoms with Crippen molar-refractivity contribution in [2.24, 2.45) is 5.73 Å². The average Bonchev–Trinajstić information content (AvgIpc) is 2.40. The fourth-order valence-electron chi connectivity index (χ4n) is 1.64. The molecule has 2 N–H and O–H groups in total. The van der Waals surface area contributed by atoms with Crippen molar-refractivity contribution in [1.82, 2.24) is 4.98 Å². The van der Waals surface area contributed by atoms with Gasteiger partial charge in [0, 0.05) is 0 Å². The number of hydrogen-bond acceptors (Lipinski definition) is 3. The van der Waals surface area contributed by atoms with Crippen LogP contribution < -0.4 is 10.5 Å². The Kier molecular flexibility index (Phi) is 4.12. The molecule has 2 aromatic rings. The lowest BCUT2D eigenvalue weighted by molar-refractivity contribution is 0.480. The Bertz CT molecular complexity index is 562. The molecule has 1 aromatic carbocycles. The highest BCUT2D eigenvalue weighted by Gasteiger charge is 2.02. The summed E-state index contributed by atoms with van der Waals surface area (Å²) in [5.74, 6) is 1.96. The van der Waals surface area contributed by atoms with Crippen molar-refractivity contribution in [2.45, 2.75) is 19.8 Å². The minimum atomic E-state index is 0.285. The second kappa shape index (κ2) is 5.80. The highest BCUT2D eigenvalue weighted by Crippen LogP contribution is 2.23. The molecule has 0 saturated carbocycles. The molecule has 1 heterocycles. The van der Waals surface area contributed by atoms with Crippen LogP contribution in [0, 0.1) is 0 Å². The first kappa shape index (κ1) is 13.5. The number of nitrogens with zero attached hydrogens (tertiary/aromatic N) is 1. The molecule has 0 aliphatic carbocycles. The third kappa shape index (κ3) is 3.51. The predicted molar refractivity (Wildman–Crippen MR) is 80.7 cm³/mol. The van der Waals surface area contributed by atoms with E-state index in [9.17, 15) is 0 Å². The molecule has 0 aliphatic heterocycles. The van der Waals surface area contributed by atoms with E-state index in [-0.39, 0.29) is 4.99 Å². The van der Waals surface area contributed by atoms with Crippen LogP contribution in [0.25, 0.3) is 0 Å². The highest BCUT2D eigenvalue weighted by molar-refractivity contribution is 7.80. The van der Waals surface area contributed by atoms with Gasteiger partial charge in [0.05, 0.1) is 11.9 Å². The van der Waals surface area contributed by atoms with Gasteiger partial charge in [-0.1, -0.05) is 38.2 Å². The molecule has 19 heavy (non-hydrogen) atoms. The van der Waals surface area contributed by atoms with Crippen molar-refractivity contribution < 1.29 is 4.74 Å². The lowest BCUT2D eigenvalue weighted by Crippen LogP contribution is -2.10. The molecule has 2 rings (SSSR count). The quantitative estimate of drug-likeness (QED) is 0.863. The largest absolute Gasteiger partial charge is 0.456 e. The van der Waals surface area contributed by atoms with Gasteiger partial charge in [-0.25, -0.2) is 4.98 Å². The summed E-state index contributed by atoms with van der Waals surface area (Å²) in [4.78, 5) is 4.41. The van der Waals surface area contributed by atoms with Gasteiger partial charge in [0.2, 0.25) is 0 Å². The topological polar surface area (TPSA) is 48.1 Å². The Morgan fingerprint density at radius 2 is 1.74 bits per heavy atom. The van der Waals surface area contributed by atoms with Crippen molar-refractivity contribution in [3.05, 3.63) is 53.9 Å². The van der Waals surface area contributed by atoms with E-state index in [1.54, 1.807) is 18.3 Å². The lowest BCUT2D eigenvalue weighted by Gasteiger charge is -2.08. The molecular formula is C15H16N2OS. The second-order valence-electron chi connectivity index (χ2n) is 4.57. The molecule has 0 radical (unpaired) electrons. The molecule has 0 atom stereocenters. The fraction of sp³-hybridized carbons (Fsp3) is 0.200. The van der Waals surface area contributed by atoms with Gasteiger partial charge in [0.15, 0.2) is 0 Å². The predicted octanol–water partition coefficient (Wildman–Crippen LogP) is 3.63. The van der Waals surface area contributed by atoms with Gasteiger partial charge in [-0.05, 0) is 35.7 Å². The van der Waals surface area contributed by atoms with Gasteiger partial charge < -0.3 is 10.5 Å². The third-order valence-electron chi connectivity index (χ3n) is 2.77. The zero-order chi connectivity index (χ0) is 13.8. The maximum absolute atomic E-state index is 5.70. The molecule has 3 nitrogen and oxygen atoms in total. The maximum atomic E-state index is 5.70. The summed E-state index contributed by atoms with van der Waals surface area (Å²) in [7, 11) is 0. The first-order valence-electron chi connectivity index (χ1n) is 6.10. The molecule has 0 unspecified atom stereocenters. The Labute approximate surface area is 118 Å². The van der Waals surface area contributed by atoms with Gasteiger partial charge in [-0.15, -0.1) is 0 Å². The van der Waals surface area contributed by atoms with Crippen molar-refractivity contribution >= 4 is 17.2 Å². The van der Waals surface area contributed by atoms with Gasteiger partial charge in [0.1, 0.15) is 16.5 Å². The molecule has 0 saturated heterocycles. The number of thiocarbonyl (C=S) groups is 1. The molecule has 98 valence electrons. The molecule has 0 amide bonds. The maximum Gasteiger partial charge on any atom is 0.145 e.